The highest BCUT2D eigenvalue weighted by Gasteiger charge is 2.29. The van der Waals surface area contributed by atoms with Crippen molar-refractivity contribution in [2.75, 3.05) is 0 Å². The zero-order valence-electron chi connectivity index (χ0n) is 10.3. The first kappa shape index (κ1) is 13.0. The van der Waals surface area contributed by atoms with Gasteiger partial charge in [0.15, 0.2) is 0 Å². The van der Waals surface area contributed by atoms with E-state index in [-0.39, 0.29) is 5.82 Å². The number of halogens is 2. The Kier molecular flexibility index (Phi) is 4.21. The number of hydrogen-bond donors (Lipinski definition) is 1. The van der Waals surface area contributed by atoms with E-state index in [1.54, 1.807) is 6.07 Å². The van der Waals surface area contributed by atoms with Crippen LogP contribution in [0.4, 0.5) is 4.39 Å². The molecule has 1 aliphatic rings. The van der Waals surface area contributed by atoms with Gasteiger partial charge in [0.1, 0.15) is 5.82 Å². The molecule has 0 saturated heterocycles. The molecule has 0 radical (unpaired) electrons. The second kappa shape index (κ2) is 5.49. The van der Waals surface area contributed by atoms with Gasteiger partial charge in [-0.05, 0) is 42.9 Å². The lowest BCUT2D eigenvalue weighted by atomic mass is 9.97. The van der Waals surface area contributed by atoms with Crippen molar-refractivity contribution in [3.05, 3.63) is 34.1 Å². The van der Waals surface area contributed by atoms with Crippen molar-refractivity contribution in [3.63, 3.8) is 0 Å². The van der Waals surface area contributed by atoms with E-state index >= 15 is 0 Å². The van der Waals surface area contributed by atoms with Crippen LogP contribution in [0.3, 0.4) is 0 Å². The Balaban J connectivity index is 1.96. The summed E-state index contributed by atoms with van der Waals surface area (Å²) in [6.45, 7) is 5.20. The number of hydrogen-bond acceptors (Lipinski definition) is 1. The summed E-state index contributed by atoms with van der Waals surface area (Å²) >= 11 is 3.38. The fourth-order valence-electron chi connectivity index (χ4n) is 2.57. The molecule has 0 aromatic heterocycles. The van der Waals surface area contributed by atoms with Gasteiger partial charge in [-0.25, -0.2) is 4.39 Å². The maximum Gasteiger partial charge on any atom is 0.127 e. The summed E-state index contributed by atoms with van der Waals surface area (Å²) in [4.78, 5) is 0. The molecule has 1 aliphatic carbocycles. The predicted molar refractivity (Wildman–Crippen MR) is 72.3 cm³/mol. The highest BCUT2D eigenvalue weighted by molar-refractivity contribution is 9.10. The van der Waals surface area contributed by atoms with E-state index in [1.165, 1.54) is 18.9 Å². The van der Waals surface area contributed by atoms with Crippen molar-refractivity contribution >= 4 is 15.9 Å². The zero-order chi connectivity index (χ0) is 12.4. The van der Waals surface area contributed by atoms with Gasteiger partial charge in [-0.3, -0.25) is 0 Å². The Labute approximate surface area is 111 Å². The SMILES string of the molecule is CC1CCC(NCc2cc(Br)ccc2F)C1C. The van der Waals surface area contributed by atoms with E-state index in [0.29, 0.717) is 18.5 Å². The standard InChI is InChI=1S/C14H19BrFN/c1-9-3-6-14(10(9)2)17-8-11-7-12(15)4-5-13(11)16/h4-5,7,9-10,14,17H,3,6,8H2,1-2H3. The van der Waals surface area contributed by atoms with Gasteiger partial charge in [0, 0.05) is 22.6 Å². The molecular weight excluding hydrogens is 281 g/mol. The Bertz CT molecular complexity index is 394. The van der Waals surface area contributed by atoms with Crippen LogP contribution in [-0.2, 0) is 6.54 Å². The second-order valence-electron chi connectivity index (χ2n) is 5.14. The highest BCUT2D eigenvalue weighted by Crippen LogP contribution is 2.31. The van der Waals surface area contributed by atoms with E-state index in [2.05, 4.69) is 35.1 Å². The third-order valence-corrected chi connectivity index (χ3v) is 4.52. The Morgan fingerprint density at radius 3 is 2.76 bits per heavy atom. The Morgan fingerprint density at radius 1 is 1.35 bits per heavy atom. The summed E-state index contributed by atoms with van der Waals surface area (Å²) in [5.41, 5.74) is 0.742. The molecule has 17 heavy (non-hydrogen) atoms. The minimum absolute atomic E-state index is 0.126. The van der Waals surface area contributed by atoms with Gasteiger partial charge >= 0.3 is 0 Å². The summed E-state index contributed by atoms with van der Waals surface area (Å²) in [5.74, 6) is 1.34. The van der Waals surface area contributed by atoms with Crippen LogP contribution in [-0.4, -0.2) is 6.04 Å². The largest absolute Gasteiger partial charge is 0.310 e. The van der Waals surface area contributed by atoms with Crippen molar-refractivity contribution in [2.45, 2.75) is 39.3 Å². The molecule has 1 nitrogen and oxygen atoms in total. The maximum atomic E-state index is 13.6. The molecule has 3 heteroatoms. The molecule has 1 fully saturated rings. The van der Waals surface area contributed by atoms with E-state index in [1.807, 2.05) is 6.07 Å². The molecule has 1 saturated carbocycles. The van der Waals surface area contributed by atoms with Gasteiger partial charge in [-0.2, -0.15) is 0 Å². The molecule has 94 valence electrons. The van der Waals surface area contributed by atoms with Crippen LogP contribution in [0.15, 0.2) is 22.7 Å². The van der Waals surface area contributed by atoms with Crippen LogP contribution in [0.2, 0.25) is 0 Å². The van der Waals surface area contributed by atoms with Crippen LogP contribution in [0.5, 0.6) is 0 Å². The van der Waals surface area contributed by atoms with Crippen LogP contribution in [0, 0.1) is 17.7 Å². The summed E-state index contributed by atoms with van der Waals surface area (Å²) < 4.78 is 14.5. The molecule has 0 heterocycles. The van der Waals surface area contributed by atoms with Crippen molar-refractivity contribution in [2.24, 2.45) is 11.8 Å². The minimum Gasteiger partial charge on any atom is -0.310 e. The van der Waals surface area contributed by atoms with E-state index in [4.69, 9.17) is 0 Å². The predicted octanol–water partition coefficient (Wildman–Crippen LogP) is 4.11. The Morgan fingerprint density at radius 2 is 2.12 bits per heavy atom. The van der Waals surface area contributed by atoms with Crippen molar-refractivity contribution < 1.29 is 4.39 Å². The summed E-state index contributed by atoms with van der Waals surface area (Å²) in [5, 5.41) is 3.49. The monoisotopic (exact) mass is 299 g/mol. The average Bonchev–Trinajstić information content (AvgIpc) is 2.62. The van der Waals surface area contributed by atoms with E-state index in [0.717, 1.165) is 16.0 Å². The smallest absolute Gasteiger partial charge is 0.127 e. The van der Waals surface area contributed by atoms with E-state index in [9.17, 15) is 4.39 Å². The number of benzene rings is 1. The van der Waals surface area contributed by atoms with Crippen molar-refractivity contribution in [3.8, 4) is 0 Å². The molecule has 1 aromatic carbocycles. The number of rotatable bonds is 3. The lowest BCUT2D eigenvalue weighted by Crippen LogP contribution is -2.32. The summed E-state index contributed by atoms with van der Waals surface area (Å²) in [6.07, 6.45) is 2.48. The third kappa shape index (κ3) is 3.08. The minimum atomic E-state index is -0.126. The fraction of sp³-hybridized carbons (Fsp3) is 0.571. The quantitative estimate of drug-likeness (QED) is 0.885. The molecule has 0 aliphatic heterocycles. The normalized spacial score (nSPS) is 28.6. The molecule has 0 bridgehead atoms. The van der Waals surface area contributed by atoms with Crippen molar-refractivity contribution in [1.82, 2.24) is 5.32 Å². The molecule has 2 rings (SSSR count). The van der Waals surface area contributed by atoms with Gasteiger partial charge in [0.2, 0.25) is 0 Å². The Hall–Kier alpha value is -0.410. The average molecular weight is 300 g/mol. The van der Waals surface area contributed by atoms with Gasteiger partial charge in [0.05, 0.1) is 0 Å². The molecule has 3 unspecified atom stereocenters. The first-order valence-electron chi connectivity index (χ1n) is 6.25. The molecule has 1 aromatic rings. The zero-order valence-corrected chi connectivity index (χ0v) is 11.9. The van der Waals surface area contributed by atoms with Gasteiger partial charge in [-0.15, -0.1) is 0 Å². The van der Waals surface area contributed by atoms with E-state index < -0.39 is 0 Å². The first-order valence-corrected chi connectivity index (χ1v) is 7.04. The summed E-state index contributed by atoms with van der Waals surface area (Å²) in [6, 6.07) is 5.63. The first-order chi connectivity index (χ1) is 8.08. The van der Waals surface area contributed by atoms with Crippen LogP contribution in [0.25, 0.3) is 0 Å². The third-order valence-electron chi connectivity index (χ3n) is 4.03. The van der Waals surface area contributed by atoms with Crippen LogP contribution >= 0.6 is 15.9 Å². The van der Waals surface area contributed by atoms with Gasteiger partial charge < -0.3 is 5.32 Å². The fourth-order valence-corrected chi connectivity index (χ4v) is 2.98. The molecule has 3 atom stereocenters. The molecule has 0 amide bonds. The highest BCUT2D eigenvalue weighted by atomic mass is 79.9. The lowest BCUT2D eigenvalue weighted by Gasteiger charge is -2.20. The van der Waals surface area contributed by atoms with Crippen LogP contribution in [0.1, 0.15) is 32.3 Å². The lowest BCUT2D eigenvalue weighted by molar-refractivity contribution is 0.368. The van der Waals surface area contributed by atoms with Crippen molar-refractivity contribution in [1.29, 1.82) is 0 Å². The summed E-state index contributed by atoms with van der Waals surface area (Å²) in [7, 11) is 0. The molecular formula is C14H19BrFN. The van der Waals surface area contributed by atoms with Gasteiger partial charge in [-0.1, -0.05) is 29.8 Å². The topological polar surface area (TPSA) is 12.0 Å². The number of nitrogens with one attached hydrogen (secondary N) is 1. The molecule has 0 spiro atoms. The molecule has 1 N–H and O–H groups in total. The van der Waals surface area contributed by atoms with Crippen LogP contribution < -0.4 is 5.32 Å². The maximum absolute atomic E-state index is 13.6. The van der Waals surface area contributed by atoms with Gasteiger partial charge in [0.25, 0.3) is 0 Å². The second-order valence-corrected chi connectivity index (χ2v) is 6.05.